The smallest absolute Gasteiger partial charge is 0.338 e. The fourth-order valence-electron chi connectivity index (χ4n) is 3.41. The first-order valence-corrected chi connectivity index (χ1v) is 6.80. The lowest BCUT2D eigenvalue weighted by atomic mass is 9.68. The number of nitrogens with zero attached hydrogens (tertiary/aromatic N) is 3. The van der Waals surface area contributed by atoms with Gasteiger partial charge in [-0.15, -0.1) is 0 Å². The summed E-state index contributed by atoms with van der Waals surface area (Å²) in [6, 6.07) is 0. The maximum atomic E-state index is 11.6. The third-order valence-corrected chi connectivity index (χ3v) is 4.42. The van der Waals surface area contributed by atoms with E-state index in [1.165, 1.54) is 4.90 Å². The number of nitro groups is 2. The van der Waals surface area contributed by atoms with Crippen molar-refractivity contribution in [2.24, 2.45) is 0 Å². The highest BCUT2D eigenvalue weighted by molar-refractivity contribution is 5.89. The molecule has 0 aromatic carbocycles. The van der Waals surface area contributed by atoms with E-state index in [1.807, 2.05) is 0 Å². The Morgan fingerprint density at radius 1 is 1.22 bits per heavy atom. The second kappa shape index (κ2) is 5.57. The van der Waals surface area contributed by atoms with Gasteiger partial charge in [-0.3, -0.25) is 29.9 Å². The van der Waals surface area contributed by atoms with Crippen LogP contribution >= 0.6 is 0 Å². The van der Waals surface area contributed by atoms with E-state index < -0.39 is 44.9 Å². The molecule has 23 heavy (non-hydrogen) atoms. The lowest BCUT2D eigenvalue weighted by Crippen LogP contribution is -2.68. The molecule has 2 rings (SSSR count). The first-order valence-electron chi connectivity index (χ1n) is 6.80. The monoisotopic (exact) mass is 329 g/mol. The van der Waals surface area contributed by atoms with Gasteiger partial charge in [0.1, 0.15) is 5.57 Å². The minimum absolute atomic E-state index is 0.118. The minimum atomic E-state index is -2.10. The molecule has 0 radical (unpaired) electrons. The average molecular weight is 329 g/mol. The van der Waals surface area contributed by atoms with Crippen molar-refractivity contribution in [2.75, 3.05) is 19.6 Å². The Bertz CT molecular complexity index is 617. The normalized spacial score (nSPS) is 30.3. The Kier molecular flexibility index (Phi) is 4.07. The maximum absolute atomic E-state index is 11.6. The summed E-state index contributed by atoms with van der Waals surface area (Å²) in [7, 11) is 0. The van der Waals surface area contributed by atoms with Crippen LogP contribution in [0.25, 0.3) is 0 Å². The van der Waals surface area contributed by atoms with Crippen LogP contribution < -0.4 is 0 Å². The van der Waals surface area contributed by atoms with Crippen LogP contribution in [0.4, 0.5) is 0 Å². The summed E-state index contributed by atoms with van der Waals surface area (Å²) in [5.74, 6) is -2.63. The van der Waals surface area contributed by atoms with Crippen LogP contribution in [-0.2, 0) is 9.59 Å². The van der Waals surface area contributed by atoms with E-state index in [9.17, 15) is 34.9 Å². The fourth-order valence-corrected chi connectivity index (χ4v) is 3.41. The summed E-state index contributed by atoms with van der Waals surface area (Å²) in [5, 5.41) is 41.0. The van der Waals surface area contributed by atoms with Gasteiger partial charge in [0.2, 0.25) is 5.54 Å². The van der Waals surface area contributed by atoms with Crippen molar-refractivity contribution in [3.05, 3.63) is 31.9 Å². The van der Waals surface area contributed by atoms with Crippen LogP contribution in [0.1, 0.15) is 19.3 Å². The number of likely N-dealkylation sites (tertiary alicyclic amines) is 1. The van der Waals surface area contributed by atoms with Gasteiger partial charge >= 0.3 is 11.9 Å². The molecule has 0 aromatic rings. The summed E-state index contributed by atoms with van der Waals surface area (Å²) in [6.07, 6.45) is -0.0256. The number of hydrogen-bond acceptors (Lipinski definition) is 7. The first kappa shape index (κ1) is 16.8. The van der Waals surface area contributed by atoms with Gasteiger partial charge in [-0.05, 0) is 0 Å². The van der Waals surface area contributed by atoms with E-state index in [-0.39, 0.29) is 32.5 Å². The van der Waals surface area contributed by atoms with Gasteiger partial charge in [-0.2, -0.15) is 0 Å². The van der Waals surface area contributed by atoms with E-state index in [0.717, 1.165) is 6.08 Å². The van der Waals surface area contributed by atoms with Crippen LogP contribution in [0, 0.1) is 20.2 Å². The zero-order valence-corrected chi connectivity index (χ0v) is 12.0. The van der Waals surface area contributed by atoms with Crippen molar-refractivity contribution in [2.45, 2.75) is 30.3 Å². The number of hydrogen-bond donors (Lipinski definition) is 2. The van der Waals surface area contributed by atoms with Gasteiger partial charge < -0.3 is 10.2 Å². The molecular formula is C12H15N3O8. The second-order valence-corrected chi connectivity index (χ2v) is 5.93. The van der Waals surface area contributed by atoms with Gasteiger partial charge in [-0.1, -0.05) is 6.08 Å². The van der Waals surface area contributed by atoms with Crippen molar-refractivity contribution < 1.29 is 29.6 Å². The summed E-state index contributed by atoms with van der Waals surface area (Å²) in [4.78, 5) is 45.0. The van der Waals surface area contributed by atoms with Gasteiger partial charge in [0, 0.05) is 22.8 Å². The minimum Gasteiger partial charge on any atom is -0.481 e. The third-order valence-electron chi connectivity index (χ3n) is 4.42. The van der Waals surface area contributed by atoms with E-state index >= 15 is 0 Å². The van der Waals surface area contributed by atoms with Crippen molar-refractivity contribution >= 4 is 11.9 Å². The Morgan fingerprint density at radius 3 is 2.35 bits per heavy atom. The number of carboxylic acids is 2. The molecule has 0 spiro atoms. The Balaban J connectivity index is 2.47. The summed E-state index contributed by atoms with van der Waals surface area (Å²) >= 11 is 0. The molecule has 0 aromatic heterocycles. The number of rotatable bonds is 6. The molecule has 11 nitrogen and oxygen atoms in total. The molecule has 1 saturated heterocycles. The highest BCUT2D eigenvalue weighted by Crippen LogP contribution is 2.44. The predicted molar refractivity (Wildman–Crippen MR) is 73.1 cm³/mol. The highest BCUT2D eigenvalue weighted by Gasteiger charge is 2.66. The van der Waals surface area contributed by atoms with Crippen LogP contribution in [0.3, 0.4) is 0 Å². The van der Waals surface area contributed by atoms with Gasteiger partial charge in [0.25, 0.3) is 5.54 Å². The highest BCUT2D eigenvalue weighted by atomic mass is 16.6. The maximum Gasteiger partial charge on any atom is 0.338 e. The first-order chi connectivity index (χ1) is 10.6. The Hall–Kier alpha value is -2.56. The van der Waals surface area contributed by atoms with Crippen LogP contribution in [-0.4, -0.2) is 67.6 Å². The van der Waals surface area contributed by atoms with Crippen molar-refractivity contribution in [1.82, 2.24) is 4.90 Å². The molecule has 11 heteroatoms. The summed E-state index contributed by atoms with van der Waals surface area (Å²) in [5.41, 5.74) is -4.25. The van der Waals surface area contributed by atoms with Crippen LogP contribution in [0.5, 0.6) is 0 Å². The van der Waals surface area contributed by atoms with Crippen LogP contribution in [0.15, 0.2) is 11.6 Å². The number of carboxylic acid groups (broad SMARTS) is 2. The van der Waals surface area contributed by atoms with Gasteiger partial charge in [0.15, 0.2) is 0 Å². The van der Waals surface area contributed by atoms with Crippen molar-refractivity contribution in [3.63, 3.8) is 0 Å². The lowest BCUT2D eigenvalue weighted by molar-refractivity contribution is -0.620. The quantitative estimate of drug-likeness (QED) is 0.487. The second-order valence-electron chi connectivity index (χ2n) is 5.93. The molecule has 2 aliphatic rings. The standard InChI is InChI=1S/C12H15N3O8/c16-9(17)2-4-13-6-11(14(20)21)3-1-8(10(18)19)12(5-11,7-13)15(22)23/h1H,2-7H2,(H,16,17)(H,18,19)/t11-,12-/m1/s1. The molecule has 0 unspecified atom stereocenters. The molecule has 0 amide bonds. The molecule has 2 bridgehead atoms. The van der Waals surface area contributed by atoms with E-state index in [4.69, 9.17) is 5.11 Å². The molecule has 2 N–H and O–H groups in total. The van der Waals surface area contributed by atoms with E-state index in [0.29, 0.717) is 0 Å². The molecular weight excluding hydrogens is 314 g/mol. The van der Waals surface area contributed by atoms with Crippen molar-refractivity contribution in [1.29, 1.82) is 0 Å². The number of aliphatic carboxylic acids is 2. The molecule has 1 aliphatic heterocycles. The van der Waals surface area contributed by atoms with E-state index in [1.54, 1.807) is 0 Å². The molecule has 1 aliphatic carbocycles. The molecule has 2 atom stereocenters. The zero-order valence-electron chi connectivity index (χ0n) is 12.0. The molecule has 126 valence electrons. The topological polar surface area (TPSA) is 164 Å². The fraction of sp³-hybridized carbons (Fsp3) is 0.667. The average Bonchev–Trinajstić information content (AvgIpc) is 2.44. The summed E-state index contributed by atoms with van der Waals surface area (Å²) < 4.78 is 0. The molecule has 0 saturated carbocycles. The Morgan fingerprint density at radius 2 is 1.87 bits per heavy atom. The largest absolute Gasteiger partial charge is 0.481 e. The van der Waals surface area contributed by atoms with Crippen LogP contribution in [0.2, 0.25) is 0 Å². The Labute approximate surface area is 129 Å². The lowest BCUT2D eigenvalue weighted by Gasteiger charge is -2.45. The van der Waals surface area contributed by atoms with Crippen molar-refractivity contribution in [3.8, 4) is 0 Å². The number of fused-ring (bicyclic) bond motifs is 2. The third kappa shape index (κ3) is 2.74. The van der Waals surface area contributed by atoms with Gasteiger partial charge in [-0.25, -0.2) is 4.79 Å². The number of carbonyl (C=O) groups is 2. The predicted octanol–water partition coefficient (Wildman–Crippen LogP) is -0.387. The van der Waals surface area contributed by atoms with Gasteiger partial charge in [0.05, 0.1) is 25.9 Å². The zero-order chi connectivity index (χ0) is 17.4. The molecule has 1 fully saturated rings. The van der Waals surface area contributed by atoms with E-state index in [2.05, 4.69) is 0 Å². The summed E-state index contributed by atoms with van der Waals surface area (Å²) in [6.45, 7) is -0.624. The molecule has 1 heterocycles. The SMILES string of the molecule is O=C(O)CCN1C[C@@]2([N+](=O)[O-])CC=C(C(=O)O)[C@]([N+](=O)[O-])(C1)C2. The number of piperidine rings is 1.